The number of hydrogen-bond donors (Lipinski definition) is 2. The fraction of sp³-hybridized carbons (Fsp3) is 0.519. The van der Waals surface area contributed by atoms with E-state index in [1.165, 1.54) is 24.8 Å². The van der Waals surface area contributed by atoms with Crippen molar-refractivity contribution in [2.24, 2.45) is 5.41 Å². The molecule has 1 saturated heterocycles. The molecule has 1 aromatic carbocycles. The van der Waals surface area contributed by atoms with E-state index in [-0.39, 0.29) is 11.5 Å². The molecule has 1 saturated carbocycles. The predicted octanol–water partition coefficient (Wildman–Crippen LogP) is 2.77. The van der Waals surface area contributed by atoms with Crippen LogP contribution in [-0.2, 0) is 12.8 Å². The smallest absolute Gasteiger partial charge is 0.254 e. The summed E-state index contributed by atoms with van der Waals surface area (Å²) >= 11 is 0. The summed E-state index contributed by atoms with van der Waals surface area (Å²) < 4.78 is 0. The molecule has 1 amide bonds. The van der Waals surface area contributed by atoms with E-state index in [4.69, 9.17) is 4.98 Å². The maximum Gasteiger partial charge on any atom is 0.254 e. The fourth-order valence-electron chi connectivity index (χ4n) is 6.02. The van der Waals surface area contributed by atoms with Gasteiger partial charge in [-0.1, -0.05) is 12.1 Å². The standard InChI is InChI=1S/C27H33N5O2/c1-28-25(33)19-3-2-4-20(16-19)31-11-13-32(14-12-31)21-6-5-18(15-21)24-29-23-7-8-27(9-10-27)17-22(23)26(34)30-24/h2-4,15-16,21H,5-14,17H2,1H3,(H,28,33)(H,29,30,34)/t21-/m1/s1. The van der Waals surface area contributed by atoms with Gasteiger partial charge in [0.1, 0.15) is 5.82 Å². The molecule has 1 aromatic heterocycles. The quantitative estimate of drug-likeness (QED) is 0.735. The molecule has 0 bridgehead atoms. The van der Waals surface area contributed by atoms with E-state index in [0.29, 0.717) is 17.0 Å². The Balaban J connectivity index is 1.12. The Morgan fingerprint density at radius 1 is 1.15 bits per heavy atom. The topological polar surface area (TPSA) is 81.3 Å². The zero-order valence-electron chi connectivity index (χ0n) is 19.9. The number of nitrogens with zero attached hydrogens (tertiary/aromatic N) is 3. The molecule has 0 radical (unpaired) electrons. The first-order chi connectivity index (χ1) is 16.5. The van der Waals surface area contributed by atoms with Crippen LogP contribution in [0.2, 0.25) is 0 Å². The van der Waals surface area contributed by atoms with Crippen LogP contribution in [-0.4, -0.2) is 60.0 Å². The van der Waals surface area contributed by atoms with Crippen LogP contribution in [0.3, 0.4) is 0 Å². The molecule has 6 rings (SSSR count). The Morgan fingerprint density at radius 2 is 1.97 bits per heavy atom. The minimum Gasteiger partial charge on any atom is -0.369 e. The number of carbonyl (C=O) groups excluding carboxylic acids is 1. The van der Waals surface area contributed by atoms with E-state index >= 15 is 0 Å². The molecule has 3 aliphatic carbocycles. The number of piperazine rings is 1. The first-order valence-corrected chi connectivity index (χ1v) is 12.7. The van der Waals surface area contributed by atoms with Crippen LogP contribution in [0.1, 0.15) is 59.5 Å². The number of H-pyrrole nitrogens is 1. The summed E-state index contributed by atoms with van der Waals surface area (Å²) in [4.78, 5) is 37.8. The van der Waals surface area contributed by atoms with Crippen molar-refractivity contribution in [1.29, 1.82) is 0 Å². The van der Waals surface area contributed by atoms with Gasteiger partial charge < -0.3 is 15.2 Å². The lowest BCUT2D eigenvalue weighted by Crippen LogP contribution is -2.49. The largest absolute Gasteiger partial charge is 0.369 e. The maximum atomic E-state index is 12.8. The average molecular weight is 460 g/mol. The molecule has 2 N–H and O–H groups in total. The number of hydrogen-bond acceptors (Lipinski definition) is 5. The second-order valence-corrected chi connectivity index (χ2v) is 10.5. The lowest BCUT2D eigenvalue weighted by Gasteiger charge is -2.38. The van der Waals surface area contributed by atoms with Crippen molar-refractivity contribution in [1.82, 2.24) is 20.2 Å². The number of amides is 1. The first-order valence-electron chi connectivity index (χ1n) is 12.7. The summed E-state index contributed by atoms with van der Waals surface area (Å²) in [5.41, 5.74) is 5.48. The molecule has 1 spiro atoms. The zero-order valence-corrected chi connectivity index (χ0v) is 19.9. The van der Waals surface area contributed by atoms with Gasteiger partial charge >= 0.3 is 0 Å². The normalized spacial score (nSPS) is 23.5. The van der Waals surface area contributed by atoms with Gasteiger partial charge in [0.15, 0.2) is 0 Å². The van der Waals surface area contributed by atoms with E-state index in [1.807, 2.05) is 18.2 Å². The van der Waals surface area contributed by atoms with Gasteiger partial charge in [0.05, 0.1) is 5.69 Å². The van der Waals surface area contributed by atoms with Crippen LogP contribution in [0.5, 0.6) is 0 Å². The number of benzene rings is 1. The SMILES string of the molecule is CNC(=O)c1cccc(N2CCN([C@H]3C=C(c4nc5c(c(=O)[nH]4)CC4(CC5)CC4)CC3)CC2)c1. The van der Waals surface area contributed by atoms with Crippen molar-refractivity contribution in [3.8, 4) is 0 Å². The van der Waals surface area contributed by atoms with Crippen molar-refractivity contribution in [2.45, 2.75) is 51.0 Å². The summed E-state index contributed by atoms with van der Waals surface area (Å²) in [5.74, 6) is 0.743. The molecule has 2 aromatic rings. The highest BCUT2D eigenvalue weighted by Gasteiger charge is 2.45. The Labute approximate surface area is 200 Å². The van der Waals surface area contributed by atoms with Crippen molar-refractivity contribution in [2.75, 3.05) is 38.1 Å². The van der Waals surface area contributed by atoms with Gasteiger partial charge in [0.2, 0.25) is 0 Å². The number of aromatic nitrogens is 2. The van der Waals surface area contributed by atoms with Crippen molar-refractivity contribution in [3.63, 3.8) is 0 Å². The molecule has 1 aliphatic heterocycles. The second-order valence-electron chi connectivity index (χ2n) is 10.5. The fourth-order valence-corrected chi connectivity index (χ4v) is 6.02. The summed E-state index contributed by atoms with van der Waals surface area (Å²) in [6.45, 7) is 3.84. The molecule has 7 nitrogen and oxygen atoms in total. The lowest BCUT2D eigenvalue weighted by atomic mass is 9.84. The number of fused-ring (bicyclic) bond motifs is 1. The average Bonchev–Trinajstić information content (AvgIpc) is 3.43. The molecule has 2 heterocycles. The lowest BCUT2D eigenvalue weighted by molar-refractivity contribution is 0.0963. The molecule has 2 fully saturated rings. The zero-order chi connectivity index (χ0) is 23.3. The van der Waals surface area contributed by atoms with E-state index < -0.39 is 0 Å². The maximum absolute atomic E-state index is 12.8. The molecule has 1 atom stereocenters. The second kappa shape index (κ2) is 8.38. The highest BCUT2D eigenvalue weighted by atomic mass is 16.1. The van der Waals surface area contributed by atoms with Gasteiger partial charge in [-0.05, 0) is 74.1 Å². The summed E-state index contributed by atoms with van der Waals surface area (Å²) in [6, 6.07) is 8.26. The molecule has 34 heavy (non-hydrogen) atoms. The number of carbonyl (C=O) groups is 1. The first kappa shape index (κ1) is 21.6. The third-order valence-corrected chi connectivity index (χ3v) is 8.39. The summed E-state index contributed by atoms with van der Waals surface area (Å²) in [5, 5.41) is 2.70. The van der Waals surface area contributed by atoms with Crippen LogP contribution in [0.15, 0.2) is 35.1 Å². The monoisotopic (exact) mass is 459 g/mol. The van der Waals surface area contributed by atoms with Crippen LogP contribution in [0, 0.1) is 5.41 Å². The number of aryl methyl sites for hydroxylation is 1. The Kier molecular flexibility index (Phi) is 5.32. The van der Waals surface area contributed by atoms with Crippen LogP contribution >= 0.6 is 0 Å². The van der Waals surface area contributed by atoms with Crippen molar-refractivity contribution >= 4 is 17.2 Å². The van der Waals surface area contributed by atoms with E-state index in [9.17, 15) is 9.59 Å². The third kappa shape index (κ3) is 3.96. The number of anilines is 1. The number of aromatic amines is 1. The Bertz CT molecular complexity index is 1200. The minimum absolute atomic E-state index is 0.0509. The predicted molar refractivity (Wildman–Crippen MR) is 133 cm³/mol. The van der Waals surface area contributed by atoms with Gasteiger partial charge in [-0.15, -0.1) is 0 Å². The number of nitrogens with one attached hydrogen (secondary N) is 2. The van der Waals surface area contributed by atoms with Gasteiger partial charge in [-0.2, -0.15) is 0 Å². The number of allylic oxidation sites excluding steroid dienone is 1. The van der Waals surface area contributed by atoms with Gasteiger partial charge in [-0.25, -0.2) is 4.98 Å². The van der Waals surface area contributed by atoms with Crippen molar-refractivity contribution < 1.29 is 4.79 Å². The van der Waals surface area contributed by atoms with Crippen LogP contribution < -0.4 is 15.8 Å². The molecular formula is C27H33N5O2. The van der Waals surface area contributed by atoms with Crippen LogP contribution in [0.4, 0.5) is 5.69 Å². The number of rotatable bonds is 4. The van der Waals surface area contributed by atoms with Gasteiger partial charge in [-0.3, -0.25) is 14.5 Å². The third-order valence-electron chi connectivity index (χ3n) is 8.39. The molecule has 4 aliphatic rings. The van der Waals surface area contributed by atoms with Crippen LogP contribution in [0.25, 0.3) is 5.57 Å². The highest BCUT2D eigenvalue weighted by Crippen LogP contribution is 2.53. The van der Waals surface area contributed by atoms with Crippen molar-refractivity contribution in [3.05, 3.63) is 63.3 Å². The molecule has 0 unspecified atom stereocenters. The highest BCUT2D eigenvalue weighted by molar-refractivity contribution is 5.94. The van der Waals surface area contributed by atoms with E-state index in [2.05, 4.69) is 32.2 Å². The Morgan fingerprint density at radius 3 is 2.74 bits per heavy atom. The van der Waals surface area contributed by atoms with Gasteiger partial charge in [0, 0.05) is 56.1 Å². The summed E-state index contributed by atoms with van der Waals surface area (Å²) in [7, 11) is 1.66. The molecule has 7 heteroatoms. The summed E-state index contributed by atoms with van der Waals surface area (Å²) in [6.07, 6.45) is 9.97. The molecular weight excluding hydrogens is 426 g/mol. The van der Waals surface area contributed by atoms with Gasteiger partial charge in [0.25, 0.3) is 11.5 Å². The minimum atomic E-state index is -0.0509. The van der Waals surface area contributed by atoms with E-state index in [0.717, 1.165) is 74.6 Å². The Hall–Kier alpha value is -2.93. The molecule has 178 valence electrons. The van der Waals surface area contributed by atoms with E-state index in [1.54, 1.807) is 7.05 Å².